The van der Waals surface area contributed by atoms with Crippen LogP contribution >= 0.6 is 0 Å². The fraction of sp³-hybridized carbons (Fsp3) is 0.357. The second kappa shape index (κ2) is 8.16. The lowest BCUT2D eigenvalue weighted by Crippen LogP contribution is -2.47. The summed E-state index contributed by atoms with van der Waals surface area (Å²) in [6.07, 6.45) is -6.28. The number of rotatable bonds is 7. The minimum atomic E-state index is -5.18. The number of carbonyl (C=O) groups is 3. The summed E-state index contributed by atoms with van der Waals surface area (Å²) < 4.78 is 41.5. The third-order valence-electron chi connectivity index (χ3n) is 2.72. The molecular formula is C14H14F3NO5. The van der Waals surface area contributed by atoms with E-state index in [-0.39, 0.29) is 6.61 Å². The molecule has 0 fully saturated rings. The van der Waals surface area contributed by atoms with E-state index < -0.39 is 42.9 Å². The molecule has 0 saturated carbocycles. The average molecular weight is 333 g/mol. The van der Waals surface area contributed by atoms with Crippen LogP contribution in [0.3, 0.4) is 0 Å². The summed E-state index contributed by atoms with van der Waals surface area (Å²) in [6.45, 7) is -0.203. The first-order chi connectivity index (χ1) is 10.7. The van der Waals surface area contributed by atoms with Gasteiger partial charge in [0.25, 0.3) is 0 Å². The molecule has 0 heterocycles. The number of nitrogens with one attached hydrogen (secondary N) is 1. The Balaban J connectivity index is 2.67. The van der Waals surface area contributed by atoms with Crippen molar-refractivity contribution in [1.82, 2.24) is 5.32 Å². The van der Waals surface area contributed by atoms with Gasteiger partial charge in [-0.3, -0.25) is 9.59 Å². The smallest absolute Gasteiger partial charge is 0.471 e. The lowest BCUT2D eigenvalue weighted by Gasteiger charge is -2.18. The first kappa shape index (κ1) is 18.5. The summed E-state index contributed by atoms with van der Waals surface area (Å²) in [5.41, 5.74) is 0.597. The molecule has 0 unspecified atom stereocenters. The molecule has 0 spiro atoms. The third kappa shape index (κ3) is 6.81. The van der Waals surface area contributed by atoms with E-state index in [4.69, 9.17) is 9.84 Å². The van der Waals surface area contributed by atoms with Crippen molar-refractivity contribution in [2.45, 2.75) is 31.7 Å². The normalized spacial score (nSPS) is 12.3. The average Bonchev–Trinajstić information content (AvgIpc) is 2.48. The van der Waals surface area contributed by atoms with Crippen LogP contribution in [0, 0.1) is 0 Å². The Morgan fingerprint density at radius 1 is 1.17 bits per heavy atom. The molecule has 126 valence electrons. The molecule has 0 aliphatic heterocycles. The number of aliphatic carboxylic acids is 1. The van der Waals surface area contributed by atoms with Crippen molar-refractivity contribution in [2.24, 2.45) is 0 Å². The van der Waals surface area contributed by atoms with Gasteiger partial charge in [-0.25, -0.2) is 4.79 Å². The highest BCUT2D eigenvalue weighted by atomic mass is 19.4. The molecule has 1 atom stereocenters. The molecule has 23 heavy (non-hydrogen) atoms. The van der Waals surface area contributed by atoms with Gasteiger partial charge in [-0.2, -0.15) is 13.2 Å². The van der Waals surface area contributed by atoms with Crippen molar-refractivity contribution in [1.29, 1.82) is 0 Å². The molecule has 0 aliphatic carbocycles. The second-order valence-electron chi connectivity index (χ2n) is 4.55. The molecule has 0 aliphatic rings. The van der Waals surface area contributed by atoms with E-state index in [1.165, 1.54) is 5.32 Å². The van der Waals surface area contributed by atoms with Crippen LogP contribution in [0.2, 0.25) is 0 Å². The molecule has 9 heteroatoms. The van der Waals surface area contributed by atoms with Crippen LogP contribution in [-0.2, 0) is 25.7 Å². The zero-order valence-electron chi connectivity index (χ0n) is 11.8. The van der Waals surface area contributed by atoms with Crippen molar-refractivity contribution in [2.75, 3.05) is 0 Å². The minimum Gasteiger partial charge on any atom is -0.481 e. The molecular weight excluding hydrogens is 319 g/mol. The highest BCUT2D eigenvalue weighted by Gasteiger charge is 2.41. The number of carbonyl (C=O) groups excluding carboxylic acids is 2. The number of hydrogen-bond donors (Lipinski definition) is 2. The quantitative estimate of drug-likeness (QED) is 0.740. The second-order valence-corrected chi connectivity index (χ2v) is 4.55. The number of esters is 1. The number of ether oxygens (including phenoxy) is 1. The van der Waals surface area contributed by atoms with E-state index in [9.17, 15) is 27.6 Å². The van der Waals surface area contributed by atoms with Gasteiger partial charge in [0.2, 0.25) is 0 Å². The highest BCUT2D eigenvalue weighted by molar-refractivity contribution is 5.87. The van der Waals surface area contributed by atoms with Gasteiger partial charge >= 0.3 is 24.0 Å². The predicted octanol–water partition coefficient (Wildman–Crippen LogP) is 1.64. The molecule has 0 aromatic heterocycles. The van der Waals surface area contributed by atoms with Gasteiger partial charge < -0.3 is 15.2 Å². The zero-order valence-corrected chi connectivity index (χ0v) is 11.8. The van der Waals surface area contributed by atoms with Gasteiger partial charge in [-0.15, -0.1) is 0 Å². The van der Waals surface area contributed by atoms with Crippen LogP contribution in [0.25, 0.3) is 0 Å². The monoisotopic (exact) mass is 333 g/mol. The summed E-state index contributed by atoms with van der Waals surface area (Å²) in [4.78, 5) is 33.2. The third-order valence-corrected chi connectivity index (χ3v) is 2.72. The fourth-order valence-corrected chi connectivity index (χ4v) is 1.59. The maximum atomic E-state index is 12.2. The molecule has 0 bridgehead atoms. The SMILES string of the molecule is O=C(O)CC[C@H](NC(=O)C(F)(F)F)C(=O)OCc1ccccc1. The topological polar surface area (TPSA) is 92.7 Å². The number of benzene rings is 1. The summed E-state index contributed by atoms with van der Waals surface area (Å²) in [5, 5.41) is 10.0. The van der Waals surface area contributed by atoms with Crippen LogP contribution in [0.5, 0.6) is 0 Å². The zero-order chi connectivity index (χ0) is 17.5. The van der Waals surface area contributed by atoms with Gasteiger partial charge in [-0.05, 0) is 12.0 Å². The first-order valence-electron chi connectivity index (χ1n) is 6.50. The van der Waals surface area contributed by atoms with E-state index >= 15 is 0 Å². The largest absolute Gasteiger partial charge is 0.481 e. The van der Waals surface area contributed by atoms with Crippen molar-refractivity contribution in [3.8, 4) is 0 Å². The highest BCUT2D eigenvalue weighted by Crippen LogP contribution is 2.15. The van der Waals surface area contributed by atoms with E-state index in [0.29, 0.717) is 5.56 Å². The molecule has 2 N–H and O–H groups in total. The minimum absolute atomic E-state index is 0.203. The molecule has 1 aromatic carbocycles. The van der Waals surface area contributed by atoms with E-state index in [1.54, 1.807) is 30.3 Å². The number of halogens is 3. The Hall–Kier alpha value is -2.58. The Morgan fingerprint density at radius 3 is 2.30 bits per heavy atom. The summed E-state index contributed by atoms with van der Waals surface area (Å²) in [7, 11) is 0. The standard InChI is InChI=1S/C14H14F3NO5/c15-14(16,17)13(22)18-10(6-7-11(19)20)12(21)23-8-9-4-2-1-3-5-9/h1-5,10H,6-8H2,(H,18,22)(H,19,20)/t10-/m0/s1. The van der Waals surface area contributed by atoms with E-state index in [0.717, 1.165) is 0 Å². The first-order valence-corrected chi connectivity index (χ1v) is 6.50. The van der Waals surface area contributed by atoms with Crippen molar-refractivity contribution in [3.63, 3.8) is 0 Å². The molecule has 0 saturated heterocycles. The van der Waals surface area contributed by atoms with Crippen LogP contribution < -0.4 is 5.32 Å². The summed E-state index contributed by atoms with van der Waals surface area (Å²) in [5.74, 6) is -4.77. The van der Waals surface area contributed by atoms with Crippen LogP contribution in [0.4, 0.5) is 13.2 Å². The maximum absolute atomic E-state index is 12.2. The maximum Gasteiger partial charge on any atom is 0.471 e. The lowest BCUT2D eigenvalue weighted by atomic mass is 10.1. The van der Waals surface area contributed by atoms with Gasteiger partial charge in [0.15, 0.2) is 0 Å². The van der Waals surface area contributed by atoms with Gasteiger partial charge in [-0.1, -0.05) is 30.3 Å². The molecule has 1 aromatic rings. The Kier molecular flexibility index (Phi) is 6.55. The Labute approximate surface area is 129 Å². The number of alkyl halides is 3. The van der Waals surface area contributed by atoms with Crippen molar-refractivity contribution in [3.05, 3.63) is 35.9 Å². The fourth-order valence-electron chi connectivity index (χ4n) is 1.59. The predicted molar refractivity (Wildman–Crippen MR) is 71.1 cm³/mol. The van der Waals surface area contributed by atoms with Crippen molar-refractivity contribution >= 4 is 17.8 Å². The number of carboxylic acid groups (broad SMARTS) is 1. The van der Waals surface area contributed by atoms with Crippen LogP contribution in [0.1, 0.15) is 18.4 Å². The molecule has 6 nitrogen and oxygen atoms in total. The summed E-state index contributed by atoms with van der Waals surface area (Å²) >= 11 is 0. The van der Waals surface area contributed by atoms with Gasteiger partial charge in [0.1, 0.15) is 12.6 Å². The van der Waals surface area contributed by atoms with E-state index in [1.807, 2.05) is 0 Å². The van der Waals surface area contributed by atoms with Crippen LogP contribution in [-0.4, -0.2) is 35.2 Å². The van der Waals surface area contributed by atoms with Crippen LogP contribution in [0.15, 0.2) is 30.3 Å². The van der Waals surface area contributed by atoms with Crippen molar-refractivity contribution < 1.29 is 37.4 Å². The number of carboxylic acids is 1. The van der Waals surface area contributed by atoms with E-state index in [2.05, 4.69) is 0 Å². The lowest BCUT2D eigenvalue weighted by molar-refractivity contribution is -0.176. The van der Waals surface area contributed by atoms with Gasteiger partial charge in [0.05, 0.1) is 0 Å². The Morgan fingerprint density at radius 2 is 1.78 bits per heavy atom. The number of hydrogen-bond acceptors (Lipinski definition) is 4. The molecule has 1 rings (SSSR count). The Bertz CT molecular complexity index is 559. The molecule has 1 amide bonds. The van der Waals surface area contributed by atoms with Gasteiger partial charge in [0, 0.05) is 6.42 Å². The molecule has 0 radical (unpaired) electrons. The number of amides is 1. The summed E-state index contributed by atoms with van der Waals surface area (Å²) in [6, 6.07) is 6.66.